The van der Waals surface area contributed by atoms with E-state index >= 15 is 0 Å². The quantitative estimate of drug-likeness (QED) is 0.0112. The van der Waals surface area contributed by atoms with E-state index in [0.29, 0.717) is 43.0 Å². The molecular weight excluding hydrogens is 1610 g/mol. The molecule has 30 nitrogen and oxygen atoms in total. The topological polar surface area (TPSA) is 416 Å². The maximum Gasteiger partial charge on any atom is 0.408 e. The molecule has 32 heteroatoms. The van der Waals surface area contributed by atoms with Crippen molar-refractivity contribution in [1.29, 1.82) is 0 Å². The second-order valence-corrected chi connectivity index (χ2v) is 29.3. The number of nitrogens with one attached hydrogen (secondary N) is 4. The van der Waals surface area contributed by atoms with Crippen LogP contribution in [-0.2, 0) is 94.1 Å². The molecule has 118 heavy (non-hydrogen) atoms. The number of nitrogens with two attached hydrogens (primary N) is 2. The number of aliphatic imine (C=N–C) groups is 4. The lowest BCUT2D eigenvalue weighted by Crippen LogP contribution is -2.50. The summed E-state index contributed by atoms with van der Waals surface area (Å²) in [7, 11) is 10.5. The number of rotatable bonds is 34. The third-order valence-corrected chi connectivity index (χ3v) is 17.8. The number of halogens is 2. The zero-order chi connectivity index (χ0) is 155. The Hall–Kier alpha value is -8.78. The summed E-state index contributed by atoms with van der Waals surface area (Å²) >= 11 is 3.38. The number of alkyl carbamates (subject to hydrolysis) is 2. The highest BCUT2D eigenvalue weighted by Crippen LogP contribution is 2.22. The van der Waals surface area contributed by atoms with Gasteiger partial charge >= 0.3 is 36.1 Å². The van der Waals surface area contributed by atoms with Crippen LogP contribution in [0.1, 0.15) is 292 Å². The van der Waals surface area contributed by atoms with Crippen molar-refractivity contribution in [2.75, 3.05) is 94.5 Å². The maximum atomic E-state index is 12.0. The van der Waals surface area contributed by atoms with Crippen molar-refractivity contribution in [3.63, 3.8) is 0 Å². The van der Waals surface area contributed by atoms with Gasteiger partial charge in [-0.15, -0.1) is 32.1 Å². The van der Waals surface area contributed by atoms with Gasteiger partial charge in [-0.3, -0.25) is 28.8 Å². The molecule has 4 aliphatic heterocycles. The summed E-state index contributed by atoms with van der Waals surface area (Å²) in [6, 6.07) is 16.2. The van der Waals surface area contributed by atoms with E-state index in [2.05, 4.69) is 114 Å². The molecule has 0 radical (unpaired) electrons. The molecule has 6 rings (SSSR count). The third-order valence-electron chi connectivity index (χ3n) is 17.2. The molecule has 4 aliphatic rings. The van der Waals surface area contributed by atoms with Crippen molar-refractivity contribution in [2.45, 2.75) is 228 Å². The Morgan fingerprint density at radius 1 is 0.619 bits per heavy atom. The van der Waals surface area contributed by atoms with Crippen LogP contribution in [0.5, 0.6) is 0 Å². The third kappa shape index (κ3) is 58.2. The second kappa shape index (κ2) is 74.5. The van der Waals surface area contributed by atoms with Crippen LogP contribution in [0.3, 0.4) is 0 Å². The summed E-state index contributed by atoms with van der Waals surface area (Å²) in [5.41, 5.74) is 12.1. The number of benzene rings is 2. The van der Waals surface area contributed by atoms with E-state index in [1.54, 1.807) is 56.1 Å². The molecule has 2 aromatic carbocycles. The Bertz CT molecular complexity index is 3380. The van der Waals surface area contributed by atoms with Crippen LogP contribution in [0.15, 0.2) is 119 Å². The van der Waals surface area contributed by atoms with Gasteiger partial charge in [0.25, 0.3) is 0 Å². The fourth-order valence-electron chi connectivity index (χ4n) is 10.3. The van der Waals surface area contributed by atoms with Gasteiger partial charge in [-0.2, -0.15) is 0 Å². The number of unbranched alkanes of at least 4 members (excludes halogenated alkanes) is 9. The maximum absolute atomic E-state index is 12.0. The summed E-state index contributed by atoms with van der Waals surface area (Å²) < 4.78 is 379. The van der Waals surface area contributed by atoms with Gasteiger partial charge in [0.1, 0.15) is 62.6 Å². The summed E-state index contributed by atoms with van der Waals surface area (Å²) in [5.74, 6) is 0.758. The number of nitrogens with zero attached hydrogens (tertiary/aromatic N) is 4. The zero-order valence-electron chi connectivity index (χ0n) is 139. The standard InChI is InChI=1S/C16H22N2O5.C16H28N2O2.C13H17NO4.C10H19NO2.C9H16N2O2.C8H13NO2.C7H13Br.C4H8O.C3H7NO2.ClH.36H2/c1-11(2)14(15(20)17-9-13(19)22-3)18-16(21)23-10-12-7-5-4-6-8-12;1-6-7-8-9-10-11-13-15(19-4)18-14(12(2)3)16(17-13)20-5;1-9(2)11(12(15)16)14-13(17)18-8-10-6-4-3-5-7-10;1-3-4-5-6-7-8-9(11)10(12)13-2;1-6(2)8-9(13-4)10-5-7(11-8)12-3;1-5(2)7-3-6(10)4-9-8(7)11;1-2-3-4-5-6-7-8;1-2-4-5-3-1;1-6-3(5)2-4;;;;;;;;;;;;;;;;;;;;;;;;;;;;;;;;;;;;;/h4-8,11,14H,9-10H2,1-3H3,(H,17,20)(H,18,21);6,12-14H,1,7-11H2,2-5H3;3-7,9,11H,8H2,1-2H3,(H,14,17)(H,15,16);3,9H,1,4-8,11H2,2H3;6,8H,5H2,1-4H3;5,7H,3-4H2,1-2H3,(H,9,11);2H,1,3-7H2;1-4H2;2,4H2,1H3;37*1H/t14-;13?,14-;11-;9-;8-;7-;;;;;;;;;;;;;;;;;;;;;;;;;;;;;;;;;;;;;;;;/m111011......................................../s1/i;;;;;;;;;;33*1+1D;3*1+1. The lowest BCUT2D eigenvalue weighted by molar-refractivity contribution is -0.142. The SMILES string of the molecule is C1CCOC1.C=CCCCCCBr.C=CCCCCCC1N=C(OC)[C@@H](C(C)C)N=C1OC.C=CCCCCC[C@H](N)C(=O)OC.CC(C)[C@@H](NC(=O)OCc1ccccc1)C(=O)O.CC(C)[C@H]1CC(=O)CNC1=O.COC(=O)CN.COC(=O)CNC(=O)[C@H](NC(=O)OCc1ccccc1)C(C)C.COC1=N[C@H](C(C)C)C(OC)=NC1.Cl.[2HH].[2HH].[2HH].[2H][2H].[2H][2H].[2H][2H].[2H][2H].[2H][2H].[2H][2H].[2H][2H].[2H][2H].[2H][2H].[2H][2H].[2H][2H].[2H][2H].[2H][2H].[2H][2H].[2H][2H].[2H][2H].[2H][2H].[2H][2H].[2H][2H].[2H][2H].[2H][2H].[2H][2H].[2H][2H].[2H][2H].[2H][2H].[2H][2H].[2H][2H].[2H][2H].[2H][2H].[2H][2H].[2H][2H].[2H][2H].[2H][2H]. The number of aliphatic carboxylic acids is 1. The molecule has 4 amide bonds. The van der Waals surface area contributed by atoms with Crippen molar-refractivity contribution in [1.82, 2.24) is 21.3 Å². The minimum atomic E-state index is -1.07. The Morgan fingerprint density at radius 3 is 1.47 bits per heavy atom. The first-order valence-electron chi connectivity index (χ1n) is 73.1. The molecule has 9 N–H and O–H groups in total. The Morgan fingerprint density at radius 2 is 1.09 bits per heavy atom. The van der Waals surface area contributed by atoms with Crippen LogP contribution < -0.4 is 32.7 Å². The van der Waals surface area contributed by atoms with Crippen LogP contribution in [0.25, 0.3) is 0 Å². The van der Waals surface area contributed by atoms with E-state index in [1.165, 1.54) is 72.7 Å². The summed E-state index contributed by atoms with van der Waals surface area (Å²) in [6.07, 6.45) is 23.0. The molecule has 4 heterocycles. The van der Waals surface area contributed by atoms with Gasteiger partial charge in [0, 0.05) is 133 Å². The van der Waals surface area contributed by atoms with Gasteiger partial charge in [0.05, 0.1) is 62.9 Å². The minimum absolute atomic E-state index is 0. The van der Waals surface area contributed by atoms with Gasteiger partial charge in [-0.1, -0.05) is 196 Å². The number of carbonyl (C=O) groups is 9. The number of piperidine rings is 1. The van der Waals surface area contributed by atoms with E-state index in [9.17, 15) is 43.2 Å². The number of esters is 3. The van der Waals surface area contributed by atoms with Crippen LogP contribution in [0.4, 0.5) is 9.59 Å². The number of amides is 4. The van der Waals surface area contributed by atoms with Gasteiger partial charge in [0.15, 0.2) is 5.78 Å². The molecule has 0 spiro atoms. The van der Waals surface area contributed by atoms with Crippen LogP contribution in [-0.4, -0.2) is 213 Å². The summed E-state index contributed by atoms with van der Waals surface area (Å²) in [5, 5.41) is 19.9. The van der Waals surface area contributed by atoms with Gasteiger partial charge < -0.3 is 85.2 Å². The van der Waals surface area contributed by atoms with E-state index in [0.717, 1.165) is 86.4 Å². The molecular formula is C86H216BrClN10O20. The lowest BCUT2D eigenvalue weighted by Gasteiger charge is -2.27. The number of carboxylic acids is 1. The van der Waals surface area contributed by atoms with Gasteiger partial charge in [-0.05, 0) is 111 Å². The fraction of sp³-hybridized carbons (Fsp3) is 0.640. The summed E-state index contributed by atoms with van der Waals surface area (Å²) in [4.78, 5) is 118. The van der Waals surface area contributed by atoms with Crippen molar-refractivity contribution < 1.29 is 198 Å². The van der Waals surface area contributed by atoms with Crippen LogP contribution in [0, 0.1) is 35.5 Å². The predicted molar refractivity (Wildman–Crippen MR) is 548 cm³/mol. The number of hydrogen-bond acceptors (Lipinski definition) is 25. The van der Waals surface area contributed by atoms with Crippen molar-refractivity contribution in [2.24, 2.45) is 66.9 Å². The lowest BCUT2D eigenvalue weighted by atomic mass is 9.87. The van der Waals surface area contributed by atoms with Crippen molar-refractivity contribution in [3.05, 3.63) is 110 Å². The van der Waals surface area contributed by atoms with Crippen LogP contribution in [0.2, 0.25) is 0 Å². The number of ether oxygens (including phenoxy) is 10. The van der Waals surface area contributed by atoms with Crippen molar-refractivity contribution >= 4 is 106 Å². The molecule has 0 saturated carbocycles. The number of alkyl halides is 1. The average molecular weight is 1900 g/mol. The van der Waals surface area contributed by atoms with E-state index < -0.39 is 48.2 Å². The molecule has 0 aromatic heterocycles. The molecule has 2 saturated heterocycles. The van der Waals surface area contributed by atoms with Gasteiger partial charge in [0.2, 0.25) is 35.4 Å². The van der Waals surface area contributed by atoms with E-state index in [1.807, 2.05) is 92.7 Å². The second-order valence-electron chi connectivity index (χ2n) is 28.5. The number of Topliss-reactive ketones (excluding diaryl/α,β-unsaturated/α-hetero) is 1. The number of hydrogen-bond donors (Lipinski definition) is 7. The number of ketones is 1. The highest BCUT2D eigenvalue weighted by atomic mass is 79.9. The Kier molecular flexibility index (Phi) is 42.3. The monoisotopic (exact) mass is 1890 g/mol. The van der Waals surface area contributed by atoms with E-state index in [4.69, 9.17) is 153 Å². The number of methoxy groups -OCH3 is 7. The minimum Gasteiger partial charge on any atom is -0.483 e. The zero-order valence-corrected chi connectivity index (χ0v) is 75.8. The smallest absolute Gasteiger partial charge is 0.408 e. The number of carboxylic acid groups (broad SMARTS) is 1. The average Bonchev–Trinajstić information content (AvgIpc) is 0.975. The van der Waals surface area contributed by atoms with Crippen LogP contribution >= 0.6 is 28.3 Å². The van der Waals surface area contributed by atoms with Gasteiger partial charge in [-0.25, -0.2) is 34.4 Å². The largest absolute Gasteiger partial charge is 0.483 e. The molecule has 2 aromatic rings. The van der Waals surface area contributed by atoms with Crippen molar-refractivity contribution in [3.8, 4) is 0 Å². The molecule has 0 bridgehead atoms. The van der Waals surface area contributed by atoms with E-state index in [-0.39, 0.29) is 115 Å². The number of allylic oxidation sites excluding steroid dienone is 3. The first kappa shape index (κ1) is 67.0. The molecule has 744 valence electrons. The number of carbonyl (C=O) groups excluding carboxylic acids is 8. The predicted octanol–water partition coefficient (Wildman–Crippen LogP) is 22.3. The molecule has 1 unspecified atom stereocenters. The normalized spacial score (nSPS) is 18.3. The highest BCUT2D eigenvalue weighted by Gasteiger charge is 2.32. The Labute approximate surface area is 824 Å². The fourth-order valence-corrected chi connectivity index (χ4v) is 10.7. The highest BCUT2D eigenvalue weighted by molar-refractivity contribution is 9.09. The molecule has 2 fully saturated rings. The first-order valence-corrected chi connectivity index (χ1v) is 41.2. The molecule has 7 atom stereocenters. The summed E-state index contributed by atoms with van der Waals surface area (Å²) in [6.45, 7) is 33.0. The first-order chi connectivity index (χ1) is 88.8. The molecule has 0 aliphatic carbocycles. The Balaban J connectivity index is -0.0000000327.